The third kappa shape index (κ3) is 4.68. The number of thiazole rings is 1. The van der Waals surface area contributed by atoms with E-state index in [0.29, 0.717) is 20.1 Å². The van der Waals surface area contributed by atoms with Crippen molar-refractivity contribution < 1.29 is 19.1 Å². The van der Waals surface area contributed by atoms with Crippen molar-refractivity contribution >= 4 is 74.9 Å². The zero-order valence-corrected chi connectivity index (χ0v) is 32.4. The molecule has 0 spiro atoms. The van der Waals surface area contributed by atoms with Gasteiger partial charge in [0.15, 0.2) is 4.80 Å². The topological polar surface area (TPSA) is 98.0 Å². The zero-order chi connectivity index (χ0) is 38.6. The van der Waals surface area contributed by atoms with Crippen molar-refractivity contribution in [2.75, 3.05) is 11.5 Å². The van der Waals surface area contributed by atoms with Crippen LogP contribution < -0.4 is 19.8 Å². The fraction of sp³-hybridized carbons (Fsp3) is 0.178. The highest BCUT2D eigenvalue weighted by molar-refractivity contribution is 7.07. The summed E-state index contributed by atoms with van der Waals surface area (Å²) in [5.74, 6) is -3.40. The van der Waals surface area contributed by atoms with E-state index in [2.05, 4.69) is 0 Å². The lowest BCUT2D eigenvalue weighted by Gasteiger charge is -2.53. The SMILES string of the molecule is CCOC(=O)C1=C(C)N=c2s/c(=C/C34c5ccccc5C(c5ccccc53)[C@@H]3C(=O)N(c5ccc(Cl)cc5Cl)C(=O)[C@H]34)c(=O)n2[C@H]1c1cccc2ccccc12. The van der Waals surface area contributed by atoms with Gasteiger partial charge < -0.3 is 4.74 Å². The Morgan fingerprint density at radius 3 is 2.23 bits per heavy atom. The van der Waals surface area contributed by atoms with Gasteiger partial charge in [-0.3, -0.25) is 19.0 Å². The van der Waals surface area contributed by atoms with E-state index in [1.54, 1.807) is 30.5 Å². The number of amides is 2. The molecule has 5 aromatic carbocycles. The number of fused-ring (bicyclic) bond motifs is 2. The van der Waals surface area contributed by atoms with Crippen molar-refractivity contribution in [2.24, 2.45) is 16.8 Å². The van der Waals surface area contributed by atoms with E-state index < -0.39 is 41.1 Å². The molecule has 6 aromatic rings. The molecule has 0 saturated carbocycles. The molecule has 276 valence electrons. The molecule has 2 bridgehead atoms. The Balaban J connectivity index is 1.26. The first-order valence-corrected chi connectivity index (χ1v) is 19.9. The van der Waals surface area contributed by atoms with Gasteiger partial charge in [-0.15, -0.1) is 0 Å². The van der Waals surface area contributed by atoms with Crippen molar-refractivity contribution in [1.82, 2.24) is 4.57 Å². The third-order valence-electron chi connectivity index (χ3n) is 11.8. The number of aromatic nitrogens is 1. The molecule has 2 aliphatic heterocycles. The van der Waals surface area contributed by atoms with E-state index in [0.717, 1.165) is 38.6 Å². The van der Waals surface area contributed by atoms with Gasteiger partial charge in [-0.05, 0) is 76.7 Å². The number of nitrogens with zero attached hydrogens (tertiary/aromatic N) is 3. The fourth-order valence-corrected chi connectivity index (χ4v) is 11.3. The average Bonchev–Trinajstić information content (AvgIpc) is 3.65. The van der Waals surface area contributed by atoms with Crippen LogP contribution in [0.4, 0.5) is 5.69 Å². The lowest BCUT2D eigenvalue weighted by Crippen LogP contribution is -2.53. The van der Waals surface area contributed by atoms with Crippen molar-refractivity contribution in [3.8, 4) is 0 Å². The molecule has 8 nitrogen and oxygen atoms in total. The van der Waals surface area contributed by atoms with Crippen LogP contribution in [0.3, 0.4) is 0 Å². The minimum Gasteiger partial charge on any atom is -0.463 e. The lowest BCUT2D eigenvalue weighted by molar-refractivity contribution is -0.139. The van der Waals surface area contributed by atoms with Gasteiger partial charge >= 0.3 is 5.97 Å². The van der Waals surface area contributed by atoms with Crippen LogP contribution in [-0.2, 0) is 24.5 Å². The fourth-order valence-electron chi connectivity index (χ4n) is 9.76. The molecule has 11 rings (SSSR count). The van der Waals surface area contributed by atoms with E-state index in [1.165, 1.54) is 22.3 Å². The quantitative estimate of drug-likeness (QED) is 0.133. The maximum atomic E-state index is 15.3. The third-order valence-corrected chi connectivity index (χ3v) is 13.3. The number of benzene rings is 5. The Hall–Kier alpha value is -5.61. The Bertz CT molecular complexity index is 2910. The van der Waals surface area contributed by atoms with Gasteiger partial charge in [0, 0.05) is 10.9 Å². The lowest BCUT2D eigenvalue weighted by atomic mass is 9.47. The predicted molar refractivity (Wildman–Crippen MR) is 217 cm³/mol. The molecule has 1 aromatic heterocycles. The number of hydrogen-bond donors (Lipinski definition) is 0. The summed E-state index contributed by atoms with van der Waals surface area (Å²) in [7, 11) is 0. The summed E-state index contributed by atoms with van der Waals surface area (Å²) >= 11 is 14.1. The number of esters is 1. The number of anilines is 1. The Labute approximate surface area is 334 Å². The van der Waals surface area contributed by atoms with E-state index in [1.807, 2.05) is 97.1 Å². The van der Waals surface area contributed by atoms with Gasteiger partial charge in [0.1, 0.15) is 0 Å². The summed E-state index contributed by atoms with van der Waals surface area (Å²) in [6, 6.07) is 33.4. The maximum Gasteiger partial charge on any atom is 0.338 e. The van der Waals surface area contributed by atoms with Crippen molar-refractivity contribution in [1.29, 1.82) is 0 Å². The zero-order valence-electron chi connectivity index (χ0n) is 30.0. The molecule has 3 aliphatic carbocycles. The number of ether oxygens (including phenoxy) is 1. The van der Waals surface area contributed by atoms with Crippen LogP contribution in [0.15, 0.2) is 130 Å². The van der Waals surface area contributed by atoms with Gasteiger partial charge in [0.2, 0.25) is 11.8 Å². The van der Waals surface area contributed by atoms with Crippen LogP contribution in [0.5, 0.6) is 0 Å². The van der Waals surface area contributed by atoms with Crippen molar-refractivity contribution in [2.45, 2.75) is 31.2 Å². The number of halogens is 2. The van der Waals surface area contributed by atoms with Crippen LogP contribution in [0.25, 0.3) is 16.8 Å². The monoisotopic (exact) mass is 795 g/mol. The molecule has 2 amide bonds. The standard InChI is InChI=1S/C45H31Cl2N3O5S/c1-3-55-43(54)35-23(2)48-44-50(39(35)27-16-10-12-24-11-4-5-13-26(24)27)40(51)34(56-44)22-45-30-17-8-6-14-28(30)36(29-15-7-9-18-31(29)45)37-38(45)42(53)49(41(37)52)33-20-19-25(46)21-32(33)47/h4-22,36-39H,3H2,1-2H3/b34-22+/t36?,37-,38-,39-,45?/m0/s1. The second kappa shape index (κ2) is 12.7. The van der Waals surface area contributed by atoms with E-state index in [-0.39, 0.29) is 34.4 Å². The highest BCUT2D eigenvalue weighted by Crippen LogP contribution is 2.65. The van der Waals surface area contributed by atoms with Crippen LogP contribution in [0.1, 0.15) is 53.6 Å². The maximum absolute atomic E-state index is 15.3. The number of carbonyl (C=O) groups is 3. The Morgan fingerprint density at radius 2 is 1.52 bits per heavy atom. The molecule has 5 aliphatic rings. The van der Waals surface area contributed by atoms with Gasteiger partial charge in [-0.25, -0.2) is 14.7 Å². The van der Waals surface area contributed by atoms with Crippen LogP contribution >= 0.6 is 34.5 Å². The molecule has 56 heavy (non-hydrogen) atoms. The second-order valence-corrected chi connectivity index (χ2v) is 16.4. The van der Waals surface area contributed by atoms with Crippen molar-refractivity contribution in [3.63, 3.8) is 0 Å². The normalized spacial score (nSPS) is 23.5. The van der Waals surface area contributed by atoms with Crippen LogP contribution in [0.2, 0.25) is 10.0 Å². The van der Waals surface area contributed by atoms with E-state index >= 15 is 9.59 Å². The second-order valence-electron chi connectivity index (χ2n) is 14.5. The van der Waals surface area contributed by atoms with E-state index in [4.69, 9.17) is 32.9 Å². The molecule has 1 fully saturated rings. The first-order valence-electron chi connectivity index (χ1n) is 18.4. The van der Waals surface area contributed by atoms with Crippen LogP contribution in [0, 0.1) is 11.8 Å². The molecule has 3 heterocycles. The summed E-state index contributed by atoms with van der Waals surface area (Å²) in [6.07, 6.45) is 1.89. The number of imide groups is 1. The van der Waals surface area contributed by atoms with Gasteiger partial charge in [0.05, 0.1) is 56.4 Å². The molecular weight excluding hydrogens is 765 g/mol. The first-order chi connectivity index (χ1) is 27.1. The van der Waals surface area contributed by atoms with Gasteiger partial charge in [-0.2, -0.15) is 0 Å². The largest absolute Gasteiger partial charge is 0.463 e. The van der Waals surface area contributed by atoms with Crippen LogP contribution in [-0.4, -0.2) is 29.0 Å². The minimum atomic E-state index is -1.23. The molecule has 1 saturated heterocycles. The molecule has 0 N–H and O–H groups in total. The molecular formula is C45H31Cl2N3O5S. The smallest absolute Gasteiger partial charge is 0.338 e. The van der Waals surface area contributed by atoms with Crippen molar-refractivity contribution in [3.05, 3.63) is 178 Å². The summed E-state index contributed by atoms with van der Waals surface area (Å²) < 4.78 is 7.49. The summed E-state index contributed by atoms with van der Waals surface area (Å²) in [4.78, 5) is 65.4. The Morgan fingerprint density at radius 1 is 0.857 bits per heavy atom. The van der Waals surface area contributed by atoms with Gasteiger partial charge in [-0.1, -0.05) is 126 Å². The molecule has 3 atom stereocenters. The number of rotatable bonds is 5. The summed E-state index contributed by atoms with van der Waals surface area (Å²) in [6.45, 7) is 3.66. The average molecular weight is 797 g/mol. The van der Waals surface area contributed by atoms with Gasteiger partial charge in [0.25, 0.3) is 5.56 Å². The number of allylic oxidation sites excluding steroid dienone is 1. The number of hydrogen-bond acceptors (Lipinski definition) is 7. The highest BCUT2D eigenvalue weighted by Gasteiger charge is 2.67. The number of carbonyl (C=O) groups excluding carboxylic acids is 3. The molecule has 0 unspecified atom stereocenters. The highest BCUT2D eigenvalue weighted by atomic mass is 35.5. The summed E-state index contributed by atoms with van der Waals surface area (Å²) in [5.41, 5.74) is 3.71. The minimum absolute atomic E-state index is 0.151. The molecule has 0 radical (unpaired) electrons. The summed E-state index contributed by atoms with van der Waals surface area (Å²) in [5, 5.41) is 2.41. The van der Waals surface area contributed by atoms with E-state index in [9.17, 15) is 9.59 Å². The predicted octanol–water partition coefficient (Wildman–Crippen LogP) is 7.46. The molecule has 11 heteroatoms. The first kappa shape index (κ1) is 34.8. The Kier molecular flexibility index (Phi) is 7.91.